The summed E-state index contributed by atoms with van der Waals surface area (Å²) < 4.78 is 9.71. The molecule has 0 aromatic carbocycles. The average Bonchev–Trinajstić information content (AvgIpc) is 2.99. The van der Waals surface area contributed by atoms with Crippen molar-refractivity contribution in [2.45, 2.75) is 20.0 Å². The molecule has 5 nitrogen and oxygen atoms in total. The molecule has 0 radical (unpaired) electrons. The molecule has 2 aromatic heterocycles. The maximum Gasteiger partial charge on any atom is 0.422 e. The number of hydrogen-bond acceptors (Lipinski definition) is 2. The van der Waals surface area contributed by atoms with E-state index in [-0.39, 0.29) is 13.0 Å². The zero-order chi connectivity index (χ0) is 15.6. The minimum absolute atomic E-state index is 0.0294. The lowest BCUT2D eigenvalue weighted by molar-refractivity contribution is 0.252. The Balaban J connectivity index is 2.53. The molecule has 2 rings (SSSR count). The van der Waals surface area contributed by atoms with Gasteiger partial charge in [0.05, 0.1) is 12.6 Å². The van der Waals surface area contributed by atoms with Gasteiger partial charge in [0.15, 0.2) is 0 Å². The van der Waals surface area contributed by atoms with Crippen molar-refractivity contribution in [3.63, 3.8) is 0 Å². The third-order valence-electron chi connectivity index (χ3n) is 3.47. The predicted octanol–water partition coefficient (Wildman–Crippen LogP) is 1.32. The highest BCUT2D eigenvalue weighted by Crippen LogP contribution is 2.11. The molecule has 0 saturated heterocycles. The monoisotopic (exact) mass is 280 g/mol. The molecule has 0 unspecified atom stereocenters. The zero-order valence-corrected chi connectivity index (χ0v) is 12.7. The highest BCUT2D eigenvalue weighted by molar-refractivity contribution is 6.79. The van der Waals surface area contributed by atoms with Crippen molar-refractivity contribution in [3.05, 3.63) is 41.4 Å². The molecular formula is C15H17BN4O. The van der Waals surface area contributed by atoms with Gasteiger partial charge in [-0.05, 0) is 38.1 Å². The van der Waals surface area contributed by atoms with Crippen molar-refractivity contribution in [1.82, 2.24) is 9.13 Å². The third-order valence-corrected chi connectivity index (χ3v) is 3.47. The Bertz CT molecular complexity index is 672. The number of nitrogens with zero attached hydrogens (tertiary/aromatic N) is 4. The van der Waals surface area contributed by atoms with Gasteiger partial charge in [0, 0.05) is 18.7 Å². The molecule has 0 aliphatic heterocycles. The first-order chi connectivity index (χ1) is 9.99. The SMILES string of the molecule is [C-]#[N+]c1ccc(B(OC(C)C)c2ccc(C#N)n2C)n1C. The van der Waals surface area contributed by atoms with Crippen LogP contribution in [0.3, 0.4) is 0 Å². The van der Waals surface area contributed by atoms with E-state index in [2.05, 4.69) is 10.9 Å². The van der Waals surface area contributed by atoms with Crippen LogP contribution in [0, 0.1) is 17.9 Å². The number of rotatable bonds is 4. The summed E-state index contributed by atoms with van der Waals surface area (Å²) in [6.45, 7) is 10.8. The smallest absolute Gasteiger partial charge is 0.421 e. The quantitative estimate of drug-likeness (QED) is 0.626. The van der Waals surface area contributed by atoms with E-state index in [0.29, 0.717) is 11.5 Å². The molecule has 21 heavy (non-hydrogen) atoms. The first-order valence-electron chi connectivity index (χ1n) is 6.73. The van der Waals surface area contributed by atoms with Crippen LogP contribution in [0.2, 0.25) is 0 Å². The van der Waals surface area contributed by atoms with Crippen molar-refractivity contribution >= 4 is 23.9 Å². The highest BCUT2D eigenvalue weighted by Gasteiger charge is 2.31. The minimum atomic E-state index is -0.308. The molecule has 0 aliphatic carbocycles. The fourth-order valence-electron chi connectivity index (χ4n) is 2.36. The van der Waals surface area contributed by atoms with Crippen LogP contribution in [-0.4, -0.2) is 22.2 Å². The number of hydrogen-bond donors (Lipinski definition) is 0. The van der Waals surface area contributed by atoms with Crippen LogP contribution in [-0.2, 0) is 18.7 Å². The molecule has 0 spiro atoms. The normalized spacial score (nSPS) is 10.4. The van der Waals surface area contributed by atoms with E-state index >= 15 is 0 Å². The standard InChI is InChI=1S/C15H17BN4O/c1-11(2)21-16(13-7-6-12(10-17)19(13)4)14-8-9-15(18-3)20(14)5/h6-9,11H,1-2,4-5H3. The van der Waals surface area contributed by atoms with E-state index in [1.54, 1.807) is 12.1 Å². The van der Waals surface area contributed by atoms with Crippen LogP contribution in [0.4, 0.5) is 5.82 Å². The topological polar surface area (TPSA) is 47.2 Å². The van der Waals surface area contributed by atoms with Crippen LogP contribution >= 0.6 is 0 Å². The van der Waals surface area contributed by atoms with Crippen LogP contribution in [0.1, 0.15) is 19.5 Å². The van der Waals surface area contributed by atoms with E-state index in [4.69, 9.17) is 16.5 Å². The molecule has 0 saturated carbocycles. The molecule has 2 aromatic rings. The van der Waals surface area contributed by atoms with Crippen molar-refractivity contribution in [2.24, 2.45) is 14.1 Å². The minimum Gasteiger partial charge on any atom is -0.421 e. The van der Waals surface area contributed by atoms with Crippen molar-refractivity contribution in [2.75, 3.05) is 0 Å². The van der Waals surface area contributed by atoms with Gasteiger partial charge in [0.1, 0.15) is 11.8 Å². The van der Waals surface area contributed by atoms with Crippen LogP contribution in [0.5, 0.6) is 0 Å². The van der Waals surface area contributed by atoms with Gasteiger partial charge in [-0.2, -0.15) is 5.26 Å². The number of nitriles is 1. The molecule has 0 atom stereocenters. The molecule has 0 fully saturated rings. The highest BCUT2D eigenvalue weighted by atomic mass is 16.4. The molecule has 0 amide bonds. The van der Waals surface area contributed by atoms with Gasteiger partial charge in [0.2, 0.25) is 5.82 Å². The summed E-state index contributed by atoms with van der Waals surface area (Å²) in [6, 6.07) is 9.53. The second-order valence-corrected chi connectivity index (χ2v) is 5.17. The Morgan fingerprint density at radius 3 is 2.29 bits per heavy atom. The fraction of sp³-hybridized carbons (Fsp3) is 0.333. The molecule has 106 valence electrons. The maximum atomic E-state index is 9.11. The average molecular weight is 280 g/mol. The summed E-state index contributed by atoms with van der Waals surface area (Å²) in [6.07, 6.45) is 0.0294. The van der Waals surface area contributed by atoms with Crippen LogP contribution < -0.4 is 11.2 Å². The molecule has 6 heteroatoms. The summed E-state index contributed by atoms with van der Waals surface area (Å²) in [5.74, 6) is 0.567. The first-order valence-corrected chi connectivity index (χ1v) is 6.73. The molecule has 2 heterocycles. The van der Waals surface area contributed by atoms with Gasteiger partial charge in [-0.25, -0.2) is 0 Å². The molecular weight excluding hydrogens is 263 g/mol. The molecule has 0 bridgehead atoms. The van der Waals surface area contributed by atoms with E-state index in [1.165, 1.54) is 0 Å². The lowest BCUT2D eigenvalue weighted by Crippen LogP contribution is -2.51. The van der Waals surface area contributed by atoms with Gasteiger partial charge in [0.25, 0.3) is 0 Å². The Hall–Kier alpha value is -2.44. The van der Waals surface area contributed by atoms with Crippen molar-refractivity contribution in [3.8, 4) is 6.07 Å². The fourth-order valence-corrected chi connectivity index (χ4v) is 2.36. The first kappa shape index (κ1) is 15.0. The lowest BCUT2D eigenvalue weighted by Gasteiger charge is -2.18. The predicted molar refractivity (Wildman–Crippen MR) is 83.0 cm³/mol. The number of aromatic nitrogens is 2. The Morgan fingerprint density at radius 2 is 1.81 bits per heavy atom. The summed E-state index contributed by atoms with van der Waals surface area (Å²) in [7, 11) is 3.71. The van der Waals surface area contributed by atoms with Gasteiger partial charge < -0.3 is 18.6 Å². The van der Waals surface area contributed by atoms with Gasteiger partial charge >= 0.3 is 6.92 Å². The van der Waals surface area contributed by atoms with E-state index in [0.717, 1.165) is 11.2 Å². The van der Waals surface area contributed by atoms with Crippen molar-refractivity contribution < 1.29 is 4.65 Å². The molecule has 0 aliphatic rings. The van der Waals surface area contributed by atoms with E-state index in [1.807, 2.05) is 49.2 Å². The lowest BCUT2D eigenvalue weighted by atomic mass is 9.60. The summed E-state index contributed by atoms with van der Waals surface area (Å²) in [5, 5.41) is 9.11. The Labute approximate surface area is 125 Å². The largest absolute Gasteiger partial charge is 0.422 e. The van der Waals surface area contributed by atoms with Crippen LogP contribution in [0.25, 0.3) is 4.85 Å². The third kappa shape index (κ3) is 2.72. The Morgan fingerprint density at radius 1 is 1.19 bits per heavy atom. The maximum absolute atomic E-state index is 9.11. The van der Waals surface area contributed by atoms with Crippen LogP contribution in [0.15, 0.2) is 24.3 Å². The van der Waals surface area contributed by atoms with Gasteiger partial charge in [-0.15, -0.1) is 0 Å². The summed E-state index contributed by atoms with van der Waals surface area (Å²) in [4.78, 5) is 3.49. The second-order valence-electron chi connectivity index (χ2n) is 5.17. The molecule has 0 N–H and O–H groups in total. The van der Waals surface area contributed by atoms with E-state index in [9.17, 15) is 0 Å². The zero-order valence-electron chi connectivity index (χ0n) is 12.7. The van der Waals surface area contributed by atoms with E-state index < -0.39 is 0 Å². The van der Waals surface area contributed by atoms with Gasteiger partial charge in [-0.3, -0.25) is 0 Å². The van der Waals surface area contributed by atoms with Gasteiger partial charge in [-0.1, -0.05) is 6.57 Å². The van der Waals surface area contributed by atoms with Crippen molar-refractivity contribution in [1.29, 1.82) is 5.26 Å². The summed E-state index contributed by atoms with van der Waals surface area (Å²) >= 11 is 0. The Kier molecular flexibility index (Phi) is 4.21. The second kappa shape index (κ2) is 5.91. The summed E-state index contributed by atoms with van der Waals surface area (Å²) in [5.41, 5.74) is 2.39.